The number of rotatable bonds is 9. The lowest BCUT2D eigenvalue weighted by atomic mass is 10.1. The predicted molar refractivity (Wildman–Crippen MR) is 93.9 cm³/mol. The molecule has 0 spiro atoms. The molecule has 0 radical (unpaired) electrons. The van der Waals surface area contributed by atoms with E-state index in [1.54, 1.807) is 0 Å². The van der Waals surface area contributed by atoms with Gasteiger partial charge in [-0.2, -0.15) is 0 Å². The molecule has 0 unspecified atom stereocenters. The molecule has 0 atom stereocenters. The normalized spacial score (nSPS) is 13.2. The smallest absolute Gasteiger partial charge is 0.306 e. The summed E-state index contributed by atoms with van der Waals surface area (Å²) in [5, 5.41) is 2.81. The number of likely N-dealkylation sites (N-methyl/N-ethyl adjacent to an activating group) is 1. The van der Waals surface area contributed by atoms with E-state index in [1.807, 2.05) is 24.3 Å². The molecule has 1 aromatic rings. The average molecular weight is 346 g/mol. The topological polar surface area (TPSA) is 75.7 Å². The Morgan fingerprint density at radius 2 is 1.80 bits per heavy atom. The van der Waals surface area contributed by atoms with Crippen molar-refractivity contribution in [2.45, 2.75) is 45.1 Å². The lowest BCUT2D eigenvalue weighted by molar-refractivity contribution is -0.151. The van der Waals surface area contributed by atoms with Gasteiger partial charge in [-0.25, -0.2) is 0 Å². The monoisotopic (exact) mass is 346 g/mol. The van der Waals surface area contributed by atoms with Crippen molar-refractivity contribution < 1.29 is 19.1 Å². The lowest BCUT2D eigenvalue weighted by Gasteiger charge is -2.16. The van der Waals surface area contributed by atoms with E-state index < -0.39 is 5.97 Å². The maximum absolute atomic E-state index is 11.9. The molecule has 0 bridgehead atoms. The Kier molecular flexibility index (Phi) is 6.98. The van der Waals surface area contributed by atoms with E-state index in [-0.39, 0.29) is 37.4 Å². The minimum Gasteiger partial charge on any atom is -0.456 e. The van der Waals surface area contributed by atoms with E-state index >= 15 is 0 Å². The highest BCUT2D eigenvalue weighted by molar-refractivity contribution is 5.86. The van der Waals surface area contributed by atoms with Gasteiger partial charge in [-0.15, -0.1) is 0 Å². The largest absolute Gasteiger partial charge is 0.456 e. The summed E-state index contributed by atoms with van der Waals surface area (Å²) in [6, 6.07) is 8.37. The van der Waals surface area contributed by atoms with Gasteiger partial charge in [-0.1, -0.05) is 31.2 Å². The summed E-state index contributed by atoms with van der Waals surface area (Å²) in [5.74, 6) is -0.976. The summed E-state index contributed by atoms with van der Waals surface area (Å²) in [5.41, 5.74) is 2.32. The molecule has 2 amide bonds. The number of benzene rings is 1. The van der Waals surface area contributed by atoms with E-state index in [1.165, 1.54) is 17.5 Å². The molecule has 0 heterocycles. The first kappa shape index (κ1) is 19.0. The number of carbonyl (C=O) groups is 3. The van der Waals surface area contributed by atoms with Gasteiger partial charge in [0.25, 0.3) is 5.91 Å². The summed E-state index contributed by atoms with van der Waals surface area (Å²) in [6.45, 7) is 1.74. The standard InChI is InChI=1S/C19H26N2O4/c1-3-14-4-6-15(7-5-14)8-11-19(24)25-13-18(23)21(2)12-17(22)20-16-9-10-16/h4-7,16H,3,8-13H2,1-2H3,(H,20,22). The van der Waals surface area contributed by atoms with Crippen molar-refractivity contribution in [2.24, 2.45) is 0 Å². The van der Waals surface area contributed by atoms with Crippen molar-refractivity contribution in [3.8, 4) is 0 Å². The molecule has 1 aliphatic carbocycles. The van der Waals surface area contributed by atoms with E-state index in [4.69, 9.17) is 4.74 Å². The van der Waals surface area contributed by atoms with Crippen LogP contribution in [0, 0.1) is 0 Å². The Morgan fingerprint density at radius 3 is 2.40 bits per heavy atom. The summed E-state index contributed by atoms with van der Waals surface area (Å²) < 4.78 is 5.00. The third-order valence-corrected chi connectivity index (χ3v) is 4.15. The number of aryl methyl sites for hydroxylation is 2. The summed E-state index contributed by atoms with van der Waals surface area (Å²) >= 11 is 0. The van der Waals surface area contributed by atoms with Crippen molar-refractivity contribution in [1.82, 2.24) is 10.2 Å². The van der Waals surface area contributed by atoms with E-state index in [2.05, 4.69) is 12.2 Å². The van der Waals surface area contributed by atoms with Crippen LogP contribution in [0.1, 0.15) is 37.3 Å². The number of carbonyl (C=O) groups excluding carboxylic acids is 3. The highest BCUT2D eigenvalue weighted by Crippen LogP contribution is 2.18. The summed E-state index contributed by atoms with van der Waals surface area (Å²) in [7, 11) is 1.53. The van der Waals surface area contributed by atoms with Crippen LogP contribution < -0.4 is 5.32 Å². The van der Waals surface area contributed by atoms with Crippen LogP contribution in [-0.2, 0) is 32.0 Å². The zero-order chi connectivity index (χ0) is 18.2. The van der Waals surface area contributed by atoms with Gasteiger partial charge < -0.3 is 15.0 Å². The molecule has 1 fully saturated rings. The van der Waals surface area contributed by atoms with Crippen LogP contribution in [0.25, 0.3) is 0 Å². The van der Waals surface area contributed by atoms with Crippen LogP contribution in [-0.4, -0.2) is 48.9 Å². The van der Waals surface area contributed by atoms with Crippen LogP contribution in [0.2, 0.25) is 0 Å². The first-order chi connectivity index (χ1) is 12.0. The minimum atomic E-state index is -0.413. The number of esters is 1. The molecule has 6 nitrogen and oxygen atoms in total. The Hall–Kier alpha value is -2.37. The lowest BCUT2D eigenvalue weighted by Crippen LogP contribution is -2.40. The predicted octanol–water partition coefficient (Wildman–Crippen LogP) is 1.46. The van der Waals surface area contributed by atoms with Crippen LogP contribution in [0.3, 0.4) is 0 Å². The Balaban J connectivity index is 1.63. The Bertz CT molecular complexity index is 608. The molecule has 1 aromatic carbocycles. The Morgan fingerprint density at radius 1 is 1.16 bits per heavy atom. The van der Waals surface area contributed by atoms with Gasteiger partial charge in [0.15, 0.2) is 6.61 Å². The number of hydrogen-bond acceptors (Lipinski definition) is 4. The van der Waals surface area contributed by atoms with Gasteiger partial charge in [0, 0.05) is 19.5 Å². The SMILES string of the molecule is CCc1ccc(CCC(=O)OCC(=O)N(C)CC(=O)NC2CC2)cc1. The molecule has 1 aliphatic rings. The first-order valence-electron chi connectivity index (χ1n) is 8.74. The van der Waals surface area contributed by atoms with Gasteiger partial charge >= 0.3 is 5.97 Å². The van der Waals surface area contributed by atoms with Gasteiger partial charge in [-0.05, 0) is 36.8 Å². The number of nitrogens with one attached hydrogen (secondary N) is 1. The van der Waals surface area contributed by atoms with Gasteiger partial charge in [0.05, 0.1) is 6.54 Å². The van der Waals surface area contributed by atoms with Crippen molar-refractivity contribution in [2.75, 3.05) is 20.2 Å². The minimum absolute atomic E-state index is 0.0172. The van der Waals surface area contributed by atoms with E-state index in [0.29, 0.717) is 6.42 Å². The molecular formula is C19H26N2O4. The summed E-state index contributed by atoms with van der Waals surface area (Å²) in [4.78, 5) is 36.6. The molecule has 6 heteroatoms. The third-order valence-electron chi connectivity index (χ3n) is 4.15. The maximum Gasteiger partial charge on any atom is 0.306 e. The second-order valence-electron chi connectivity index (χ2n) is 6.42. The van der Waals surface area contributed by atoms with Gasteiger partial charge in [0.2, 0.25) is 5.91 Å². The molecule has 2 rings (SSSR count). The zero-order valence-corrected chi connectivity index (χ0v) is 14.9. The average Bonchev–Trinajstić information content (AvgIpc) is 3.41. The molecule has 0 saturated heterocycles. The summed E-state index contributed by atoms with van der Waals surface area (Å²) in [6.07, 6.45) is 3.79. The van der Waals surface area contributed by atoms with Crippen molar-refractivity contribution >= 4 is 17.8 Å². The molecular weight excluding hydrogens is 320 g/mol. The molecule has 136 valence electrons. The second-order valence-corrected chi connectivity index (χ2v) is 6.42. The van der Waals surface area contributed by atoms with Crippen LogP contribution >= 0.6 is 0 Å². The molecule has 1 N–H and O–H groups in total. The van der Waals surface area contributed by atoms with E-state index in [9.17, 15) is 14.4 Å². The molecule has 25 heavy (non-hydrogen) atoms. The number of hydrogen-bond donors (Lipinski definition) is 1. The van der Waals surface area contributed by atoms with Crippen LogP contribution in [0.5, 0.6) is 0 Å². The fourth-order valence-electron chi connectivity index (χ4n) is 2.32. The van der Waals surface area contributed by atoms with Crippen molar-refractivity contribution in [3.05, 3.63) is 35.4 Å². The number of ether oxygens (including phenoxy) is 1. The zero-order valence-electron chi connectivity index (χ0n) is 14.9. The van der Waals surface area contributed by atoms with Crippen LogP contribution in [0.15, 0.2) is 24.3 Å². The first-order valence-corrected chi connectivity index (χ1v) is 8.74. The molecule has 0 aliphatic heterocycles. The molecule has 0 aromatic heterocycles. The van der Waals surface area contributed by atoms with Crippen LogP contribution in [0.4, 0.5) is 0 Å². The highest BCUT2D eigenvalue weighted by Gasteiger charge is 2.24. The van der Waals surface area contributed by atoms with E-state index in [0.717, 1.165) is 24.8 Å². The van der Waals surface area contributed by atoms with Crippen molar-refractivity contribution in [1.29, 1.82) is 0 Å². The second kappa shape index (κ2) is 9.20. The Labute approximate surface area is 148 Å². The quantitative estimate of drug-likeness (QED) is 0.687. The van der Waals surface area contributed by atoms with Gasteiger partial charge in [0.1, 0.15) is 0 Å². The fourth-order valence-corrected chi connectivity index (χ4v) is 2.32. The van der Waals surface area contributed by atoms with Gasteiger partial charge in [-0.3, -0.25) is 14.4 Å². The fraction of sp³-hybridized carbons (Fsp3) is 0.526. The molecule has 1 saturated carbocycles. The maximum atomic E-state index is 11.9. The van der Waals surface area contributed by atoms with Crippen molar-refractivity contribution in [3.63, 3.8) is 0 Å². The highest BCUT2D eigenvalue weighted by atomic mass is 16.5. The number of amides is 2. The third kappa shape index (κ3) is 6.95. The number of nitrogens with zero attached hydrogens (tertiary/aromatic N) is 1.